The van der Waals surface area contributed by atoms with Crippen molar-refractivity contribution in [1.29, 1.82) is 0 Å². The van der Waals surface area contributed by atoms with Crippen molar-refractivity contribution in [3.05, 3.63) is 0 Å². The molecule has 0 radical (unpaired) electrons. The fourth-order valence-corrected chi connectivity index (χ4v) is 3.67. The maximum absolute atomic E-state index is 6.06. The van der Waals surface area contributed by atoms with E-state index in [4.69, 9.17) is 10.5 Å². The summed E-state index contributed by atoms with van der Waals surface area (Å²) in [5.41, 5.74) is 13.1. The monoisotopic (exact) mass is 324 g/mol. The summed E-state index contributed by atoms with van der Waals surface area (Å²) in [4.78, 5) is 9.04. The maximum atomic E-state index is 6.06. The number of ether oxygens (including phenoxy) is 1. The van der Waals surface area contributed by atoms with Gasteiger partial charge in [0.1, 0.15) is 5.69 Å². The molecule has 0 saturated heterocycles. The topological polar surface area (TPSA) is 88.3 Å². The van der Waals surface area contributed by atoms with E-state index in [1.165, 1.54) is 0 Å². The number of rotatable bonds is 6. The minimum absolute atomic E-state index is 0.342. The zero-order valence-corrected chi connectivity index (χ0v) is 13.9. The van der Waals surface area contributed by atoms with Gasteiger partial charge in [0.25, 0.3) is 0 Å². The third kappa shape index (κ3) is 3.09. The average Bonchev–Trinajstić information content (AvgIpc) is 3.12. The summed E-state index contributed by atoms with van der Waals surface area (Å²) < 4.78 is 5.74. The van der Waals surface area contributed by atoms with Crippen LogP contribution in [0.15, 0.2) is 5.16 Å². The molecule has 0 spiro atoms. The Morgan fingerprint density at radius 3 is 3.00 bits per heavy atom. The Labute approximate surface area is 135 Å². The van der Waals surface area contributed by atoms with Gasteiger partial charge in [0, 0.05) is 12.4 Å². The number of anilines is 3. The first-order valence-electron chi connectivity index (χ1n) is 7.95. The molecule has 3 rings (SSSR count). The molecule has 1 aliphatic heterocycles. The van der Waals surface area contributed by atoms with Crippen molar-refractivity contribution in [3.8, 4) is 0 Å². The highest BCUT2D eigenvalue weighted by atomic mass is 32.2. The fourth-order valence-electron chi connectivity index (χ4n) is 2.97. The number of hydrazine groups is 2. The summed E-state index contributed by atoms with van der Waals surface area (Å²) in [6.45, 7) is 4.96. The number of nitrogens with one attached hydrogen (secondary N) is 2. The van der Waals surface area contributed by atoms with E-state index in [1.54, 1.807) is 11.8 Å². The lowest BCUT2D eigenvalue weighted by atomic mass is 10.2. The first kappa shape index (κ1) is 15.6. The Balaban J connectivity index is 1.77. The van der Waals surface area contributed by atoms with Gasteiger partial charge in [0.2, 0.25) is 0 Å². The Morgan fingerprint density at radius 2 is 2.23 bits per heavy atom. The average molecular weight is 324 g/mol. The van der Waals surface area contributed by atoms with Crippen molar-refractivity contribution in [2.24, 2.45) is 0 Å². The van der Waals surface area contributed by atoms with Crippen LogP contribution < -0.4 is 21.7 Å². The molecule has 0 aromatic carbocycles. The van der Waals surface area contributed by atoms with Gasteiger partial charge in [-0.25, -0.2) is 9.97 Å². The highest BCUT2D eigenvalue weighted by Crippen LogP contribution is 2.38. The number of hydrogen-bond donors (Lipinski definition) is 3. The number of thioether (sulfide) groups is 1. The summed E-state index contributed by atoms with van der Waals surface area (Å²) in [7, 11) is 0. The molecule has 2 aliphatic rings. The predicted octanol–water partition coefficient (Wildman–Crippen LogP) is 2.17. The van der Waals surface area contributed by atoms with E-state index in [1.807, 2.05) is 6.92 Å². The van der Waals surface area contributed by atoms with Gasteiger partial charge < -0.3 is 10.5 Å². The molecule has 22 heavy (non-hydrogen) atoms. The van der Waals surface area contributed by atoms with Gasteiger partial charge in [-0.05, 0) is 32.6 Å². The highest BCUT2D eigenvalue weighted by Gasteiger charge is 2.35. The Kier molecular flexibility index (Phi) is 4.90. The zero-order chi connectivity index (χ0) is 15.5. The van der Waals surface area contributed by atoms with Gasteiger partial charge in [-0.15, -0.1) is 5.53 Å². The van der Waals surface area contributed by atoms with Gasteiger partial charge in [-0.2, -0.15) is 0 Å². The Bertz CT molecular complexity index is 528. The smallest absolute Gasteiger partial charge is 0.191 e. The summed E-state index contributed by atoms with van der Waals surface area (Å²) in [6.07, 6.45) is 4.60. The van der Waals surface area contributed by atoms with Gasteiger partial charge >= 0.3 is 0 Å². The van der Waals surface area contributed by atoms with E-state index in [9.17, 15) is 0 Å². The van der Waals surface area contributed by atoms with E-state index in [2.05, 4.69) is 32.9 Å². The van der Waals surface area contributed by atoms with Crippen molar-refractivity contribution in [1.82, 2.24) is 15.5 Å². The van der Waals surface area contributed by atoms with Crippen LogP contribution in [0.1, 0.15) is 39.5 Å². The molecule has 0 amide bonds. The Hall–Kier alpha value is -1.25. The van der Waals surface area contributed by atoms with E-state index < -0.39 is 0 Å². The second-order valence-corrected chi connectivity index (χ2v) is 6.65. The number of nitrogen functional groups attached to an aromatic ring is 1. The largest absolute Gasteiger partial charge is 0.382 e. The number of nitrogens with zero attached hydrogens (tertiary/aromatic N) is 3. The van der Waals surface area contributed by atoms with E-state index in [0.717, 1.165) is 54.7 Å². The molecule has 4 N–H and O–H groups in total. The minimum atomic E-state index is 0.342. The second kappa shape index (κ2) is 6.89. The molecule has 1 saturated carbocycles. The minimum Gasteiger partial charge on any atom is -0.382 e. The van der Waals surface area contributed by atoms with Crippen LogP contribution in [-0.2, 0) is 4.74 Å². The van der Waals surface area contributed by atoms with Crippen LogP contribution in [0.3, 0.4) is 0 Å². The van der Waals surface area contributed by atoms with Gasteiger partial charge in [0.05, 0.1) is 12.1 Å². The van der Waals surface area contributed by atoms with Crippen LogP contribution in [0.2, 0.25) is 0 Å². The number of aromatic nitrogens is 2. The standard InChI is InChI=1S/C14H24N6OS/c1-3-7-22-14-16-12(15)11-13(17-14)20(19-18-11)9-5-6-10(8-9)21-4-2/h9-10,18-19H,3-8H2,1-2H3,(H2,15,16,17). The number of fused-ring (bicyclic) bond motifs is 1. The molecule has 2 heterocycles. The lowest BCUT2D eigenvalue weighted by Gasteiger charge is -2.24. The molecule has 1 fully saturated rings. The van der Waals surface area contributed by atoms with Crippen LogP contribution in [-0.4, -0.2) is 34.5 Å². The second-order valence-electron chi connectivity index (χ2n) is 5.59. The zero-order valence-electron chi connectivity index (χ0n) is 13.1. The van der Waals surface area contributed by atoms with Crippen LogP contribution in [0.25, 0.3) is 0 Å². The summed E-state index contributed by atoms with van der Waals surface area (Å²) in [6, 6.07) is 0.364. The first-order chi connectivity index (χ1) is 10.7. The van der Waals surface area contributed by atoms with Crippen molar-refractivity contribution in [3.63, 3.8) is 0 Å². The molecule has 2 atom stereocenters. The van der Waals surface area contributed by atoms with Crippen LogP contribution in [0, 0.1) is 0 Å². The van der Waals surface area contributed by atoms with Crippen molar-refractivity contribution < 1.29 is 4.74 Å². The van der Waals surface area contributed by atoms with Crippen LogP contribution in [0.4, 0.5) is 17.3 Å². The molecular formula is C14H24N6OS. The Morgan fingerprint density at radius 1 is 1.36 bits per heavy atom. The van der Waals surface area contributed by atoms with Crippen molar-refractivity contribution >= 4 is 29.1 Å². The van der Waals surface area contributed by atoms with Crippen LogP contribution in [0.5, 0.6) is 0 Å². The molecule has 7 nitrogen and oxygen atoms in total. The maximum Gasteiger partial charge on any atom is 0.191 e. The SMILES string of the molecule is CCCSc1nc(N)c2c(n1)N(C1CCC(OCC)C1)NN2. The lowest BCUT2D eigenvalue weighted by molar-refractivity contribution is 0.0672. The third-order valence-electron chi connectivity index (χ3n) is 3.99. The van der Waals surface area contributed by atoms with E-state index >= 15 is 0 Å². The lowest BCUT2D eigenvalue weighted by Crippen LogP contribution is -2.43. The number of nitrogens with two attached hydrogens (primary N) is 1. The van der Waals surface area contributed by atoms with Crippen molar-refractivity contribution in [2.45, 2.75) is 56.8 Å². The third-order valence-corrected chi connectivity index (χ3v) is 5.04. The van der Waals surface area contributed by atoms with Gasteiger partial charge in [0.15, 0.2) is 16.8 Å². The van der Waals surface area contributed by atoms with Gasteiger partial charge in [-0.1, -0.05) is 18.7 Å². The summed E-state index contributed by atoms with van der Waals surface area (Å²) in [5.74, 6) is 2.35. The quantitative estimate of drug-likeness (QED) is 0.542. The molecule has 8 heteroatoms. The molecule has 2 unspecified atom stereocenters. The highest BCUT2D eigenvalue weighted by molar-refractivity contribution is 7.99. The van der Waals surface area contributed by atoms with Crippen LogP contribution >= 0.6 is 11.8 Å². The molecule has 1 aromatic heterocycles. The first-order valence-corrected chi connectivity index (χ1v) is 8.94. The molecule has 1 aliphatic carbocycles. The number of hydrogen-bond acceptors (Lipinski definition) is 8. The fraction of sp³-hybridized carbons (Fsp3) is 0.714. The van der Waals surface area contributed by atoms with Crippen molar-refractivity contribution in [2.75, 3.05) is 28.5 Å². The predicted molar refractivity (Wildman–Crippen MR) is 89.7 cm³/mol. The summed E-state index contributed by atoms with van der Waals surface area (Å²) >= 11 is 1.64. The van der Waals surface area contributed by atoms with Gasteiger partial charge in [-0.3, -0.25) is 10.4 Å². The normalized spacial score (nSPS) is 23.6. The molecule has 1 aromatic rings. The molecule has 0 bridgehead atoms. The van der Waals surface area contributed by atoms with E-state index in [-0.39, 0.29) is 0 Å². The van der Waals surface area contributed by atoms with E-state index in [0.29, 0.717) is 18.0 Å². The molecular weight excluding hydrogens is 300 g/mol. The molecule has 122 valence electrons. The summed E-state index contributed by atoms with van der Waals surface area (Å²) in [5, 5.41) is 2.83.